The highest BCUT2D eigenvalue weighted by molar-refractivity contribution is 6.16. The van der Waals surface area contributed by atoms with E-state index in [4.69, 9.17) is 4.42 Å². The Hall–Kier alpha value is -9.18. The maximum Gasteiger partial charge on any atom is 0.143 e. The van der Waals surface area contributed by atoms with Crippen LogP contribution in [0.4, 0.5) is 17.1 Å². The van der Waals surface area contributed by atoms with Crippen LogP contribution in [0.1, 0.15) is 0 Å². The van der Waals surface area contributed by atoms with Crippen molar-refractivity contribution in [2.75, 3.05) is 4.90 Å². The summed E-state index contributed by atoms with van der Waals surface area (Å²) in [6.45, 7) is 0. The van der Waals surface area contributed by atoms with E-state index >= 15 is 0 Å². The third-order valence-corrected chi connectivity index (χ3v) is 14.2. The van der Waals surface area contributed by atoms with E-state index in [0.717, 1.165) is 66.8 Å². The van der Waals surface area contributed by atoms with Crippen LogP contribution in [0.3, 0.4) is 0 Å². The summed E-state index contributed by atoms with van der Waals surface area (Å²) in [6.07, 6.45) is 0. The minimum absolute atomic E-state index is 0.874. The zero-order valence-electron chi connectivity index (χ0n) is 37.6. The smallest absolute Gasteiger partial charge is 0.143 e. The number of hydrogen-bond donors (Lipinski definition) is 0. The summed E-state index contributed by atoms with van der Waals surface area (Å²) in [4.78, 5) is 2.36. The van der Waals surface area contributed by atoms with Gasteiger partial charge in [-0.1, -0.05) is 176 Å². The van der Waals surface area contributed by atoms with Gasteiger partial charge in [0.25, 0.3) is 0 Å². The number of para-hydroxylation sites is 2. The lowest BCUT2D eigenvalue weighted by Crippen LogP contribution is -2.09. The summed E-state index contributed by atoms with van der Waals surface area (Å²) >= 11 is 0. The van der Waals surface area contributed by atoms with Crippen LogP contribution in [0.5, 0.6) is 0 Å². The molecule has 0 bridgehead atoms. The molecule has 3 nitrogen and oxygen atoms in total. The van der Waals surface area contributed by atoms with E-state index in [2.05, 4.69) is 264 Å². The average Bonchev–Trinajstić information content (AvgIpc) is 3.97. The van der Waals surface area contributed by atoms with Crippen molar-refractivity contribution < 1.29 is 4.42 Å². The van der Waals surface area contributed by atoms with Crippen molar-refractivity contribution in [1.82, 2.24) is 4.57 Å². The van der Waals surface area contributed by atoms with Gasteiger partial charge in [-0.15, -0.1) is 0 Å². The highest BCUT2D eigenvalue weighted by Crippen LogP contribution is 2.42. The largest absolute Gasteiger partial charge is 0.455 e. The van der Waals surface area contributed by atoms with E-state index in [1.54, 1.807) is 0 Å². The first-order valence-electron chi connectivity index (χ1n) is 23.6. The zero-order chi connectivity index (χ0) is 45.4. The lowest BCUT2D eigenvalue weighted by molar-refractivity contribution is 0.672. The standard InChI is InChI=1S/C66H42N2O/c1-4-17-55-46(12-1)32-38-60-62-42-53(37-39-65(62)69-66(55)60)67(51-35-30-45(31-36-51)48-14-11-15-52(40-48)68-63-22-9-7-20-58(63)59-21-8-10-23-64(59)68)50-33-28-44(29-34-50)43-24-26-47(27-25-43)61-41-49-13-2-3-16-54(49)56-18-5-6-19-57(56)61/h1-42H. The van der Waals surface area contributed by atoms with E-state index in [9.17, 15) is 0 Å². The Morgan fingerprint density at radius 3 is 1.52 bits per heavy atom. The number of anilines is 3. The van der Waals surface area contributed by atoms with Crippen molar-refractivity contribution in [2.24, 2.45) is 0 Å². The fourth-order valence-electron chi connectivity index (χ4n) is 10.8. The number of fused-ring (bicyclic) bond motifs is 11. The number of nitrogens with zero attached hydrogens (tertiary/aromatic N) is 2. The fraction of sp³-hybridized carbons (Fsp3) is 0. The molecule has 69 heavy (non-hydrogen) atoms. The molecule has 14 rings (SSSR count). The second-order valence-corrected chi connectivity index (χ2v) is 18.1. The van der Waals surface area contributed by atoms with Crippen molar-refractivity contribution in [2.45, 2.75) is 0 Å². The molecule has 14 aromatic rings. The SMILES string of the molecule is c1cc(-c2ccc(N(c3ccc(-c4ccc(-c5cc6ccccc6c6ccccc56)cc4)cc3)c3ccc4oc5c6ccccc6ccc5c4c3)cc2)cc(-n2c3ccccc3c3ccccc32)c1. The molecular formula is C66H42N2O. The molecule has 0 fully saturated rings. The molecule has 2 heterocycles. The van der Waals surface area contributed by atoms with Crippen LogP contribution in [0.2, 0.25) is 0 Å². The molecule has 2 aromatic heterocycles. The molecule has 0 aliphatic carbocycles. The topological polar surface area (TPSA) is 21.3 Å². The summed E-state index contributed by atoms with van der Waals surface area (Å²) in [7, 11) is 0. The molecule has 322 valence electrons. The van der Waals surface area contributed by atoms with Crippen molar-refractivity contribution in [3.63, 3.8) is 0 Å². The maximum absolute atomic E-state index is 6.58. The highest BCUT2D eigenvalue weighted by Gasteiger charge is 2.18. The predicted molar refractivity (Wildman–Crippen MR) is 292 cm³/mol. The predicted octanol–water partition coefficient (Wildman–Crippen LogP) is 18.6. The van der Waals surface area contributed by atoms with E-state index in [0.29, 0.717) is 0 Å². The van der Waals surface area contributed by atoms with Crippen LogP contribution in [-0.4, -0.2) is 4.57 Å². The van der Waals surface area contributed by atoms with Gasteiger partial charge >= 0.3 is 0 Å². The molecular weight excluding hydrogens is 837 g/mol. The molecule has 12 aromatic carbocycles. The van der Waals surface area contributed by atoms with Gasteiger partial charge in [-0.25, -0.2) is 0 Å². The Bertz CT molecular complexity index is 4240. The molecule has 0 N–H and O–H groups in total. The monoisotopic (exact) mass is 878 g/mol. The van der Waals surface area contributed by atoms with Gasteiger partial charge in [-0.05, 0) is 139 Å². The molecule has 0 aliphatic rings. The lowest BCUT2D eigenvalue weighted by Gasteiger charge is -2.26. The average molecular weight is 879 g/mol. The molecule has 0 radical (unpaired) electrons. The molecule has 0 saturated heterocycles. The molecule has 0 saturated carbocycles. The molecule has 0 amide bonds. The first kappa shape index (κ1) is 39.0. The first-order valence-corrected chi connectivity index (χ1v) is 23.6. The fourth-order valence-corrected chi connectivity index (χ4v) is 10.8. The van der Waals surface area contributed by atoms with E-state index < -0.39 is 0 Å². The number of furan rings is 1. The zero-order valence-corrected chi connectivity index (χ0v) is 37.6. The number of hydrogen-bond acceptors (Lipinski definition) is 2. The third kappa shape index (κ3) is 6.43. The summed E-state index contributed by atoms with van der Waals surface area (Å²) in [5, 5.41) is 12.1. The Balaban J connectivity index is 0.843. The van der Waals surface area contributed by atoms with Gasteiger partial charge in [0, 0.05) is 49.7 Å². The third-order valence-electron chi connectivity index (χ3n) is 14.2. The Labute approximate surface area is 399 Å². The van der Waals surface area contributed by atoms with Gasteiger partial charge in [0.2, 0.25) is 0 Å². The first-order chi connectivity index (χ1) is 34.2. The van der Waals surface area contributed by atoms with E-state index in [-0.39, 0.29) is 0 Å². The van der Waals surface area contributed by atoms with Gasteiger partial charge in [0.15, 0.2) is 0 Å². The van der Waals surface area contributed by atoms with E-state index in [1.165, 1.54) is 65.4 Å². The normalized spacial score (nSPS) is 11.8. The number of rotatable bonds is 7. The van der Waals surface area contributed by atoms with Crippen LogP contribution in [0.15, 0.2) is 259 Å². The molecule has 3 heteroatoms. The number of aromatic nitrogens is 1. The van der Waals surface area contributed by atoms with Gasteiger partial charge in [0.1, 0.15) is 11.2 Å². The molecule has 0 aliphatic heterocycles. The second-order valence-electron chi connectivity index (χ2n) is 18.1. The van der Waals surface area contributed by atoms with E-state index in [1.807, 2.05) is 0 Å². The molecule has 0 spiro atoms. The van der Waals surface area contributed by atoms with Crippen LogP contribution in [-0.2, 0) is 0 Å². The van der Waals surface area contributed by atoms with Crippen molar-refractivity contribution >= 4 is 93.1 Å². The summed E-state index contributed by atoms with van der Waals surface area (Å²) < 4.78 is 8.96. The maximum atomic E-state index is 6.58. The minimum Gasteiger partial charge on any atom is -0.455 e. The quantitative estimate of drug-likeness (QED) is 0.149. The lowest BCUT2D eigenvalue weighted by atomic mass is 9.92. The van der Waals surface area contributed by atoms with Crippen LogP contribution in [0, 0.1) is 0 Å². The second kappa shape index (κ2) is 15.7. The van der Waals surface area contributed by atoms with Crippen molar-refractivity contribution in [1.29, 1.82) is 0 Å². The molecule has 0 unspecified atom stereocenters. The van der Waals surface area contributed by atoms with Gasteiger partial charge < -0.3 is 13.9 Å². The summed E-state index contributed by atoms with van der Waals surface area (Å²) in [5.41, 5.74) is 15.6. The highest BCUT2D eigenvalue weighted by atomic mass is 16.3. The van der Waals surface area contributed by atoms with Crippen LogP contribution < -0.4 is 4.90 Å². The van der Waals surface area contributed by atoms with Gasteiger partial charge in [-0.3, -0.25) is 0 Å². The Morgan fingerprint density at radius 2 is 0.826 bits per heavy atom. The van der Waals surface area contributed by atoms with Crippen LogP contribution in [0.25, 0.3) is 115 Å². The Kier molecular flexibility index (Phi) is 8.90. The summed E-state index contributed by atoms with van der Waals surface area (Å²) in [5.74, 6) is 0. The van der Waals surface area contributed by atoms with Gasteiger partial charge in [0.05, 0.1) is 11.0 Å². The summed E-state index contributed by atoms with van der Waals surface area (Å²) in [6, 6.07) is 92.4. The minimum atomic E-state index is 0.874. The Morgan fingerprint density at radius 1 is 0.290 bits per heavy atom. The molecule has 0 atom stereocenters. The number of benzene rings is 12. The van der Waals surface area contributed by atoms with Gasteiger partial charge in [-0.2, -0.15) is 0 Å². The van der Waals surface area contributed by atoms with Crippen molar-refractivity contribution in [3.05, 3.63) is 255 Å². The van der Waals surface area contributed by atoms with Crippen molar-refractivity contribution in [3.8, 4) is 39.1 Å². The van der Waals surface area contributed by atoms with Crippen LogP contribution >= 0.6 is 0 Å².